The van der Waals surface area contributed by atoms with E-state index >= 15 is 0 Å². The van der Waals surface area contributed by atoms with Gasteiger partial charge >= 0.3 is 0 Å². The lowest BCUT2D eigenvalue weighted by atomic mass is 9.64. The Morgan fingerprint density at radius 1 is 1.42 bits per heavy atom. The smallest absolute Gasteiger partial charge is 0.225 e. The molecule has 1 amide bonds. The summed E-state index contributed by atoms with van der Waals surface area (Å²) in [4.78, 5) is 17.8. The molecule has 2 heterocycles. The van der Waals surface area contributed by atoms with E-state index in [1.54, 1.807) is 6.20 Å². The van der Waals surface area contributed by atoms with Crippen LogP contribution in [0.1, 0.15) is 39.0 Å². The third-order valence-electron chi connectivity index (χ3n) is 5.29. The molecule has 0 spiro atoms. The molecule has 4 atom stereocenters. The second kappa shape index (κ2) is 8.27. The van der Waals surface area contributed by atoms with Crippen LogP contribution in [0.5, 0.6) is 0 Å². The van der Waals surface area contributed by atoms with Crippen molar-refractivity contribution >= 4 is 32.0 Å². The molecule has 26 heavy (non-hydrogen) atoms. The predicted octanol–water partition coefficient (Wildman–Crippen LogP) is 3.79. The van der Waals surface area contributed by atoms with Gasteiger partial charge in [0.05, 0.1) is 11.6 Å². The SMILES string of the molecule is Cc1cccnc1C(=S)[C@H](C)[C@H]1NC(=O)[C@H]1[C@@H](CO[Si](C)C)C(C)(C)C. The summed E-state index contributed by atoms with van der Waals surface area (Å²) in [5.74, 6) is 0.260. The Kier molecular flexibility index (Phi) is 6.74. The number of rotatable bonds is 7. The van der Waals surface area contributed by atoms with E-state index in [0.717, 1.165) is 16.1 Å². The van der Waals surface area contributed by atoms with Gasteiger partial charge < -0.3 is 9.74 Å². The van der Waals surface area contributed by atoms with Crippen molar-refractivity contribution in [2.45, 2.75) is 53.8 Å². The molecule has 1 aliphatic heterocycles. The summed E-state index contributed by atoms with van der Waals surface area (Å²) >= 11 is 5.74. The van der Waals surface area contributed by atoms with Crippen LogP contribution in [-0.4, -0.2) is 37.4 Å². The number of aromatic nitrogens is 1. The zero-order chi connectivity index (χ0) is 19.6. The van der Waals surface area contributed by atoms with Crippen LogP contribution in [0.25, 0.3) is 0 Å². The summed E-state index contributed by atoms with van der Waals surface area (Å²) in [7, 11) is -0.793. The van der Waals surface area contributed by atoms with Gasteiger partial charge in [-0.25, -0.2) is 0 Å². The third kappa shape index (κ3) is 4.59. The van der Waals surface area contributed by atoms with Crippen LogP contribution in [0.4, 0.5) is 0 Å². The van der Waals surface area contributed by atoms with Gasteiger partial charge in [0.2, 0.25) is 14.9 Å². The molecule has 0 bridgehead atoms. The van der Waals surface area contributed by atoms with E-state index in [2.05, 4.69) is 51.1 Å². The molecule has 1 N–H and O–H groups in total. The maximum absolute atomic E-state index is 12.5. The molecule has 1 fully saturated rings. The summed E-state index contributed by atoms with van der Waals surface area (Å²) < 4.78 is 6.00. The summed E-state index contributed by atoms with van der Waals surface area (Å²) in [5.41, 5.74) is 1.93. The molecular weight excluding hydrogens is 360 g/mol. The number of β-lactam (4-membered cyclic amide) rings is 1. The molecule has 1 radical (unpaired) electrons. The number of nitrogens with one attached hydrogen (secondary N) is 1. The first-order chi connectivity index (χ1) is 12.0. The molecule has 1 aromatic rings. The first-order valence-corrected chi connectivity index (χ1v) is 12.0. The monoisotopic (exact) mass is 391 g/mol. The maximum Gasteiger partial charge on any atom is 0.225 e. The van der Waals surface area contributed by atoms with Crippen LogP contribution in [0.15, 0.2) is 18.3 Å². The molecule has 0 unspecified atom stereocenters. The van der Waals surface area contributed by atoms with Crippen LogP contribution in [0.3, 0.4) is 0 Å². The second-order valence-corrected chi connectivity index (χ2v) is 11.1. The number of nitrogens with zero attached hydrogens (tertiary/aromatic N) is 1. The van der Waals surface area contributed by atoms with Gasteiger partial charge in [-0.2, -0.15) is 0 Å². The lowest BCUT2D eigenvalue weighted by molar-refractivity contribution is -0.143. The van der Waals surface area contributed by atoms with Crippen molar-refractivity contribution in [1.29, 1.82) is 0 Å². The normalized spacial score (nSPS) is 22.5. The predicted molar refractivity (Wildman–Crippen MR) is 112 cm³/mol. The first kappa shape index (κ1) is 21.2. The van der Waals surface area contributed by atoms with E-state index in [1.807, 2.05) is 19.1 Å². The Labute approximate surface area is 164 Å². The van der Waals surface area contributed by atoms with E-state index in [4.69, 9.17) is 16.6 Å². The fourth-order valence-corrected chi connectivity index (χ4v) is 4.43. The number of hydrogen-bond donors (Lipinski definition) is 1. The van der Waals surface area contributed by atoms with E-state index in [-0.39, 0.29) is 35.1 Å². The molecule has 1 aliphatic rings. The number of carbonyl (C=O) groups is 1. The van der Waals surface area contributed by atoms with Crippen molar-refractivity contribution in [2.24, 2.45) is 23.2 Å². The number of thiocarbonyl (C=S) groups is 1. The minimum atomic E-state index is -0.793. The van der Waals surface area contributed by atoms with E-state index in [9.17, 15) is 4.79 Å². The number of carbonyl (C=O) groups excluding carboxylic acids is 1. The van der Waals surface area contributed by atoms with Gasteiger partial charge in [-0.3, -0.25) is 9.78 Å². The molecule has 6 heteroatoms. The highest BCUT2D eigenvalue weighted by Crippen LogP contribution is 2.40. The molecule has 1 saturated heterocycles. The van der Waals surface area contributed by atoms with E-state index in [0.29, 0.717) is 6.61 Å². The quantitative estimate of drug-likeness (QED) is 0.332. The summed E-state index contributed by atoms with van der Waals surface area (Å²) in [6.45, 7) is 15.6. The molecule has 4 nitrogen and oxygen atoms in total. The molecule has 0 aromatic carbocycles. The zero-order valence-electron chi connectivity index (χ0n) is 16.9. The summed E-state index contributed by atoms with van der Waals surface area (Å²) in [5, 5.41) is 3.10. The lowest BCUT2D eigenvalue weighted by Crippen LogP contribution is -2.66. The third-order valence-corrected chi connectivity index (χ3v) is 6.60. The summed E-state index contributed by atoms with van der Waals surface area (Å²) in [6, 6.07) is 3.98. The van der Waals surface area contributed by atoms with Crippen molar-refractivity contribution in [3.8, 4) is 0 Å². The molecule has 2 rings (SSSR count). The fourth-order valence-electron chi connectivity index (χ4n) is 3.56. The highest BCUT2D eigenvalue weighted by atomic mass is 32.1. The topological polar surface area (TPSA) is 51.2 Å². The highest BCUT2D eigenvalue weighted by Gasteiger charge is 2.51. The van der Waals surface area contributed by atoms with Gasteiger partial charge in [-0.05, 0) is 43.0 Å². The molecule has 143 valence electrons. The van der Waals surface area contributed by atoms with Gasteiger partial charge in [-0.1, -0.05) is 46.0 Å². The Hall–Kier alpha value is -1.11. The molecule has 0 aliphatic carbocycles. The van der Waals surface area contributed by atoms with Gasteiger partial charge in [0.1, 0.15) is 0 Å². The van der Waals surface area contributed by atoms with Crippen molar-refractivity contribution in [3.05, 3.63) is 29.6 Å². The number of pyridine rings is 1. The van der Waals surface area contributed by atoms with Crippen LogP contribution in [-0.2, 0) is 9.22 Å². The van der Waals surface area contributed by atoms with Gasteiger partial charge in [-0.15, -0.1) is 0 Å². The van der Waals surface area contributed by atoms with Gasteiger partial charge in [0.15, 0.2) is 0 Å². The summed E-state index contributed by atoms with van der Waals surface area (Å²) in [6.07, 6.45) is 1.77. The number of amides is 1. The van der Waals surface area contributed by atoms with Crippen LogP contribution < -0.4 is 5.32 Å². The first-order valence-electron chi connectivity index (χ1n) is 9.23. The molecule has 0 saturated carbocycles. The van der Waals surface area contributed by atoms with Gasteiger partial charge in [0.25, 0.3) is 0 Å². The Bertz CT molecular complexity index is 672. The van der Waals surface area contributed by atoms with Crippen LogP contribution in [0.2, 0.25) is 13.1 Å². The molecule has 1 aromatic heterocycles. The van der Waals surface area contributed by atoms with Crippen molar-refractivity contribution in [3.63, 3.8) is 0 Å². The lowest BCUT2D eigenvalue weighted by Gasteiger charge is -2.48. The van der Waals surface area contributed by atoms with E-state index < -0.39 is 9.04 Å². The van der Waals surface area contributed by atoms with Crippen LogP contribution in [0, 0.1) is 30.1 Å². The minimum Gasteiger partial charge on any atom is -0.417 e. The highest BCUT2D eigenvalue weighted by molar-refractivity contribution is 7.80. The second-order valence-electron chi connectivity index (χ2n) is 8.57. The molecular formula is C20H31N2O2SSi. The van der Waals surface area contributed by atoms with E-state index in [1.165, 1.54) is 0 Å². The van der Waals surface area contributed by atoms with Crippen LogP contribution >= 0.6 is 12.2 Å². The van der Waals surface area contributed by atoms with Crippen molar-refractivity contribution in [2.75, 3.05) is 6.61 Å². The standard InChI is InChI=1S/C20H31N2O2SSi/c1-12-9-8-10-21-16(12)18(25)13(2)17-15(19(23)22-17)14(20(3,4)5)11-24-26(6)7/h8-10,13-15,17H,11H2,1-7H3,(H,22,23)/t13-,14-,15+,17-/m1/s1. The van der Waals surface area contributed by atoms with Crippen molar-refractivity contribution in [1.82, 2.24) is 10.3 Å². The Balaban J connectivity index is 2.22. The Morgan fingerprint density at radius 2 is 2.08 bits per heavy atom. The minimum absolute atomic E-state index is 0.0136. The largest absolute Gasteiger partial charge is 0.417 e. The van der Waals surface area contributed by atoms with Gasteiger partial charge in [0, 0.05) is 29.6 Å². The zero-order valence-corrected chi connectivity index (χ0v) is 18.7. The maximum atomic E-state index is 12.5. The number of aryl methyl sites for hydroxylation is 1. The number of hydrogen-bond acceptors (Lipinski definition) is 4. The average Bonchev–Trinajstić information content (AvgIpc) is 2.54. The average molecular weight is 392 g/mol. The van der Waals surface area contributed by atoms with Crippen molar-refractivity contribution < 1.29 is 9.22 Å². The Morgan fingerprint density at radius 3 is 2.58 bits per heavy atom. The fraction of sp³-hybridized carbons (Fsp3) is 0.650.